The zero-order chi connectivity index (χ0) is 12.3. The summed E-state index contributed by atoms with van der Waals surface area (Å²) in [5.74, 6) is -1.09. The summed E-state index contributed by atoms with van der Waals surface area (Å²) in [4.78, 5) is 11.0. The average Bonchev–Trinajstić information content (AvgIpc) is 2.43. The SMILES string of the molecule is CC(C)CC(CN1CCCS1(=O)=O)C(=O)O. The first kappa shape index (κ1) is 13.4. The van der Waals surface area contributed by atoms with Gasteiger partial charge >= 0.3 is 5.97 Å². The van der Waals surface area contributed by atoms with Crippen molar-refractivity contribution in [3.05, 3.63) is 0 Å². The normalized spacial score (nSPS) is 22.4. The summed E-state index contributed by atoms with van der Waals surface area (Å²) in [5, 5.41) is 9.03. The number of rotatable bonds is 5. The summed E-state index contributed by atoms with van der Waals surface area (Å²) < 4.78 is 24.4. The Balaban J connectivity index is 2.65. The van der Waals surface area contributed by atoms with Gasteiger partial charge in [0.25, 0.3) is 0 Å². The van der Waals surface area contributed by atoms with Crippen LogP contribution in [0.5, 0.6) is 0 Å². The molecule has 0 aliphatic carbocycles. The van der Waals surface area contributed by atoms with Gasteiger partial charge in [-0.3, -0.25) is 4.79 Å². The van der Waals surface area contributed by atoms with E-state index >= 15 is 0 Å². The fourth-order valence-corrected chi connectivity index (χ4v) is 3.53. The smallest absolute Gasteiger partial charge is 0.307 e. The van der Waals surface area contributed by atoms with Crippen molar-refractivity contribution >= 4 is 16.0 Å². The molecule has 0 saturated carbocycles. The van der Waals surface area contributed by atoms with E-state index in [9.17, 15) is 13.2 Å². The molecule has 1 heterocycles. The fourth-order valence-electron chi connectivity index (χ4n) is 1.96. The van der Waals surface area contributed by atoms with Gasteiger partial charge in [0.15, 0.2) is 0 Å². The average molecular weight is 249 g/mol. The summed E-state index contributed by atoms with van der Waals surface area (Å²) in [6, 6.07) is 0. The summed E-state index contributed by atoms with van der Waals surface area (Å²) in [5.41, 5.74) is 0. The number of carboxylic acids is 1. The van der Waals surface area contributed by atoms with E-state index in [1.54, 1.807) is 0 Å². The molecule has 1 fully saturated rings. The molecule has 1 unspecified atom stereocenters. The lowest BCUT2D eigenvalue weighted by atomic mass is 9.97. The lowest BCUT2D eigenvalue weighted by Gasteiger charge is -2.20. The van der Waals surface area contributed by atoms with Gasteiger partial charge in [-0.1, -0.05) is 13.8 Å². The molecular weight excluding hydrogens is 230 g/mol. The van der Waals surface area contributed by atoms with E-state index in [0.717, 1.165) is 0 Å². The monoisotopic (exact) mass is 249 g/mol. The van der Waals surface area contributed by atoms with Crippen LogP contribution in [0, 0.1) is 11.8 Å². The molecule has 1 N–H and O–H groups in total. The van der Waals surface area contributed by atoms with Gasteiger partial charge in [0, 0.05) is 13.1 Å². The highest BCUT2D eigenvalue weighted by atomic mass is 32.2. The Hall–Kier alpha value is -0.620. The van der Waals surface area contributed by atoms with Gasteiger partial charge in [-0.15, -0.1) is 0 Å². The van der Waals surface area contributed by atoms with Gasteiger partial charge in [0.1, 0.15) is 0 Å². The molecule has 0 aromatic carbocycles. The van der Waals surface area contributed by atoms with E-state index < -0.39 is 21.9 Å². The second-order valence-electron chi connectivity index (χ2n) is 4.69. The van der Waals surface area contributed by atoms with Crippen molar-refractivity contribution in [1.29, 1.82) is 0 Å². The van der Waals surface area contributed by atoms with Gasteiger partial charge < -0.3 is 5.11 Å². The van der Waals surface area contributed by atoms with Crippen molar-refractivity contribution in [1.82, 2.24) is 4.31 Å². The van der Waals surface area contributed by atoms with Gasteiger partial charge in [0.2, 0.25) is 10.0 Å². The van der Waals surface area contributed by atoms with Crippen LogP contribution in [0.15, 0.2) is 0 Å². The number of sulfonamides is 1. The number of nitrogens with zero attached hydrogens (tertiary/aromatic N) is 1. The minimum Gasteiger partial charge on any atom is -0.481 e. The molecule has 1 rings (SSSR count). The highest BCUT2D eigenvalue weighted by Crippen LogP contribution is 2.19. The maximum absolute atomic E-state index is 11.5. The van der Waals surface area contributed by atoms with Crippen molar-refractivity contribution in [3.63, 3.8) is 0 Å². The van der Waals surface area contributed by atoms with Crippen molar-refractivity contribution in [2.24, 2.45) is 11.8 Å². The summed E-state index contributed by atoms with van der Waals surface area (Å²) in [7, 11) is -3.18. The van der Waals surface area contributed by atoms with Crippen molar-refractivity contribution in [2.45, 2.75) is 26.7 Å². The van der Waals surface area contributed by atoms with Crippen LogP contribution < -0.4 is 0 Å². The molecule has 0 bridgehead atoms. The standard InChI is InChI=1S/C10H19NO4S/c1-8(2)6-9(10(12)13)7-11-4-3-5-16(11,14)15/h8-9H,3-7H2,1-2H3,(H,12,13). The number of carbonyl (C=O) groups is 1. The zero-order valence-corrected chi connectivity index (χ0v) is 10.5. The number of hydrogen-bond acceptors (Lipinski definition) is 3. The maximum Gasteiger partial charge on any atom is 0.307 e. The molecule has 0 aromatic heterocycles. The van der Waals surface area contributed by atoms with Gasteiger partial charge in [-0.25, -0.2) is 12.7 Å². The molecule has 1 aliphatic rings. The highest BCUT2D eigenvalue weighted by molar-refractivity contribution is 7.89. The van der Waals surface area contributed by atoms with Crippen LogP contribution in [-0.2, 0) is 14.8 Å². The molecule has 0 amide bonds. The molecule has 1 atom stereocenters. The molecule has 16 heavy (non-hydrogen) atoms. The Morgan fingerprint density at radius 2 is 2.06 bits per heavy atom. The number of carboxylic acid groups (broad SMARTS) is 1. The molecule has 0 radical (unpaired) electrons. The third-order valence-electron chi connectivity index (χ3n) is 2.73. The Labute approximate surface area is 96.5 Å². The predicted octanol–water partition coefficient (Wildman–Crippen LogP) is 0.769. The Morgan fingerprint density at radius 1 is 1.44 bits per heavy atom. The summed E-state index contributed by atoms with van der Waals surface area (Å²) in [6.45, 7) is 4.46. The lowest BCUT2D eigenvalue weighted by Crippen LogP contribution is -2.35. The molecule has 94 valence electrons. The number of aliphatic carboxylic acids is 1. The third-order valence-corrected chi connectivity index (χ3v) is 4.66. The van der Waals surface area contributed by atoms with Gasteiger partial charge in [-0.05, 0) is 18.8 Å². The number of hydrogen-bond donors (Lipinski definition) is 1. The maximum atomic E-state index is 11.5. The van der Waals surface area contributed by atoms with Crippen molar-refractivity contribution in [2.75, 3.05) is 18.8 Å². The second kappa shape index (κ2) is 5.14. The van der Waals surface area contributed by atoms with Gasteiger partial charge in [0.05, 0.1) is 11.7 Å². The van der Waals surface area contributed by atoms with E-state index in [2.05, 4.69) is 0 Å². The van der Waals surface area contributed by atoms with E-state index in [4.69, 9.17) is 5.11 Å². The first-order chi connectivity index (χ1) is 7.33. The Morgan fingerprint density at radius 3 is 2.44 bits per heavy atom. The van der Waals surface area contributed by atoms with E-state index in [-0.39, 0.29) is 18.2 Å². The van der Waals surface area contributed by atoms with Crippen LogP contribution in [0.2, 0.25) is 0 Å². The first-order valence-electron chi connectivity index (χ1n) is 5.53. The Bertz CT molecular complexity index is 350. The molecule has 5 nitrogen and oxygen atoms in total. The van der Waals surface area contributed by atoms with Crippen molar-refractivity contribution in [3.8, 4) is 0 Å². The quantitative estimate of drug-likeness (QED) is 0.781. The first-order valence-corrected chi connectivity index (χ1v) is 7.14. The largest absolute Gasteiger partial charge is 0.481 e. The van der Waals surface area contributed by atoms with Crippen LogP contribution in [-0.4, -0.2) is 42.6 Å². The molecule has 0 aromatic rings. The minimum atomic E-state index is -3.18. The lowest BCUT2D eigenvalue weighted by molar-refractivity contribution is -0.142. The van der Waals surface area contributed by atoms with Crippen molar-refractivity contribution < 1.29 is 18.3 Å². The molecule has 6 heteroatoms. The second-order valence-corrected chi connectivity index (χ2v) is 6.78. The topological polar surface area (TPSA) is 74.7 Å². The summed E-state index contributed by atoms with van der Waals surface area (Å²) >= 11 is 0. The zero-order valence-electron chi connectivity index (χ0n) is 9.72. The molecular formula is C10H19NO4S. The molecule has 1 aliphatic heterocycles. The molecule has 0 spiro atoms. The third kappa shape index (κ3) is 3.45. The highest BCUT2D eigenvalue weighted by Gasteiger charge is 2.32. The minimum absolute atomic E-state index is 0.121. The van der Waals surface area contributed by atoms with Crippen LogP contribution >= 0.6 is 0 Å². The predicted molar refractivity (Wildman–Crippen MR) is 60.6 cm³/mol. The van der Waals surface area contributed by atoms with Crippen LogP contribution in [0.1, 0.15) is 26.7 Å². The van der Waals surface area contributed by atoms with Crippen LogP contribution in [0.4, 0.5) is 0 Å². The van der Waals surface area contributed by atoms with Crippen LogP contribution in [0.3, 0.4) is 0 Å². The van der Waals surface area contributed by atoms with Gasteiger partial charge in [-0.2, -0.15) is 0 Å². The van der Waals surface area contributed by atoms with E-state index in [1.165, 1.54) is 4.31 Å². The van der Waals surface area contributed by atoms with E-state index in [1.807, 2.05) is 13.8 Å². The summed E-state index contributed by atoms with van der Waals surface area (Å²) in [6.07, 6.45) is 1.12. The van der Waals surface area contributed by atoms with Crippen LogP contribution in [0.25, 0.3) is 0 Å². The fraction of sp³-hybridized carbons (Fsp3) is 0.900. The molecule has 1 saturated heterocycles. The van der Waals surface area contributed by atoms with E-state index in [0.29, 0.717) is 19.4 Å². The Kier molecular flexibility index (Phi) is 4.32.